The van der Waals surface area contributed by atoms with Crippen LogP contribution < -0.4 is 5.56 Å². The highest BCUT2D eigenvalue weighted by Gasteiger charge is 2.21. The van der Waals surface area contributed by atoms with E-state index < -0.39 is 12.1 Å². The van der Waals surface area contributed by atoms with Gasteiger partial charge >= 0.3 is 5.97 Å². The summed E-state index contributed by atoms with van der Waals surface area (Å²) in [5.74, 6) is 0.410. The van der Waals surface area contributed by atoms with Gasteiger partial charge in [-0.05, 0) is 25.3 Å². The maximum Gasteiger partial charge on any atom is 0.348 e. The summed E-state index contributed by atoms with van der Waals surface area (Å²) in [6, 6.07) is 0. The highest BCUT2D eigenvalue weighted by Crippen LogP contribution is 2.27. The summed E-state index contributed by atoms with van der Waals surface area (Å²) >= 11 is 1.17. The molecule has 0 aliphatic carbocycles. The van der Waals surface area contributed by atoms with Crippen molar-refractivity contribution in [1.82, 2.24) is 14.9 Å². The van der Waals surface area contributed by atoms with Gasteiger partial charge in [-0.2, -0.15) is 0 Å². The summed E-state index contributed by atoms with van der Waals surface area (Å²) in [6.07, 6.45) is 0.967. The van der Waals surface area contributed by atoms with Crippen LogP contribution in [0.1, 0.15) is 41.8 Å². The molecule has 0 radical (unpaired) electrons. The largest absolute Gasteiger partial charge is 0.462 e. The standard InChI is InChI=1S/C21H31N3O5S/c1-6-8-28-12-15(25)10-24(9-13(3)4)11-16-22-19(26)17-14(5)18(21(27)29-7-2)30-20(17)23-16/h6,13,15,25H,1,7-12H2,2-5H3,(H,22,23,26)/t15-/m1/s1. The van der Waals surface area contributed by atoms with Crippen molar-refractivity contribution in [3.05, 3.63) is 39.3 Å². The molecule has 0 unspecified atom stereocenters. The minimum Gasteiger partial charge on any atom is -0.462 e. The van der Waals surface area contributed by atoms with Gasteiger partial charge in [0.2, 0.25) is 0 Å². The number of aromatic nitrogens is 2. The molecule has 2 aromatic rings. The van der Waals surface area contributed by atoms with Gasteiger partial charge in [-0.1, -0.05) is 19.9 Å². The topological polar surface area (TPSA) is 105 Å². The first-order chi connectivity index (χ1) is 14.3. The second-order valence-electron chi connectivity index (χ2n) is 7.54. The third-order valence-corrected chi connectivity index (χ3v) is 5.49. The van der Waals surface area contributed by atoms with E-state index in [9.17, 15) is 14.7 Å². The summed E-state index contributed by atoms with van der Waals surface area (Å²) in [4.78, 5) is 35.2. The Morgan fingerprint density at radius 3 is 2.77 bits per heavy atom. The van der Waals surface area contributed by atoms with Crippen molar-refractivity contribution in [2.24, 2.45) is 5.92 Å². The molecule has 2 rings (SSSR count). The number of carbonyl (C=O) groups is 1. The van der Waals surface area contributed by atoms with Gasteiger partial charge in [0.15, 0.2) is 0 Å². The fourth-order valence-corrected chi connectivity index (χ4v) is 4.32. The Balaban J connectivity index is 2.24. The number of aliphatic hydroxyl groups excluding tert-OH is 1. The van der Waals surface area contributed by atoms with Crippen molar-refractivity contribution in [2.45, 2.75) is 40.3 Å². The number of esters is 1. The lowest BCUT2D eigenvalue weighted by molar-refractivity contribution is 0.0218. The summed E-state index contributed by atoms with van der Waals surface area (Å²) in [6.45, 7) is 13.6. The first kappa shape index (κ1) is 24.2. The predicted molar refractivity (Wildman–Crippen MR) is 118 cm³/mol. The quantitative estimate of drug-likeness (QED) is 0.299. The lowest BCUT2D eigenvalue weighted by Gasteiger charge is -2.26. The average Bonchev–Trinajstić information content (AvgIpc) is 2.98. The van der Waals surface area contributed by atoms with Gasteiger partial charge in [-0.25, -0.2) is 9.78 Å². The zero-order valence-electron chi connectivity index (χ0n) is 18.1. The zero-order valence-corrected chi connectivity index (χ0v) is 18.9. The molecule has 0 aromatic carbocycles. The van der Waals surface area contributed by atoms with Gasteiger partial charge in [-0.15, -0.1) is 17.9 Å². The molecule has 0 saturated heterocycles. The number of aromatic amines is 1. The first-order valence-electron chi connectivity index (χ1n) is 10.0. The van der Waals surface area contributed by atoms with E-state index in [1.807, 2.05) is 4.90 Å². The van der Waals surface area contributed by atoms with Gasteiger partial charge in [0, 0.05) is 13.1 Å². The highest BCUT2D eigenvalue weighted by molar-refractivity contribution is 7.20. The molecule has 166 valence electrons. The van der Waals surface area contributed by atoms with E-state index in [-0.39, 0.29) is 18.8 Å². The number of thiophene rings is 1. The number of carbonyl (C=O) groups excluding carboxylic acids is 1. The summed E-state index contributed by atoms with van der Waals surface area (Å²) in [7, 11) is 0. The normalized spacial score (nSPS) is 12.6. The summed E-state index contributed by atoms with van der Waals surface area (Å²) in [5, 5.41) is 10.7. The number of nitrogens with one attached hydrogen (secondary N) is 1. The minimum atomic E-state index is -0.668. The Bertz CT molecular complexity index is 921. The lowest BCUT2D eigenvalue weighted by atomic mass is 10.2. The maximum atomic E-state index is 12.7. The van der Waals surface area contributed by atoms with E-state index in [2.05, 4.69) is 30.4 Å². The Kier molecular flexibility index (Phi) is 9.16. The molecule has 0 bridgehead atoms. The van der Waals surface area contributed by atoms with Crippen LogP contribution in [-0.2, 0) is 16.0 Å². The van der Waals surface area contributed by atoms with E-state index in [1.54, 1.807) is 19.9 Å². The average molecular weight is 438 g/mol. The fourth-order valence-electron chi connectivity index (χ4n) is 3.22. The van der Waals surface area contributed by atoms with Crippen LogP contribution in [0.2, 0.25) is 0 Å². The Labute approximate surface area is 180 Å². The van der Waals surface area contributed by atoms with E-state index in [1.165, 1.54) is 11.3 Å². The predicted octanol–water partition coefficient (Wildman–Crippen LogP) is 2.49. The van der Waals surface area contributed by atoms with E-state index >= 15 is 0 Å². The van der Waals surface area contributed by atoms with E-state index in [0.29, 0.717) is 52.1 Å². The van der Waals surface area contributed by atoms with Crippen molar-refractivity contribution in [1.29, 1.82) is 0 Å². The van der Waals surface area contributed by atoms with Gasteiger partial charge in [0.05, 0.1) is 37.9 Å². The second kappa shape index (κ2) is 11.4. The molecule has 1 atom stereocenters. The molecule has 9 heteroatoms. The van der Waals surface area contributed by atoms with Crippen molar-refractivity contribution in [2.75, 3.05) is 32.9 Å². The van der Waals surface area contributed by atoms with E-state index in [0.717, 1.165) is 6.54 Å². The minimum absolute atomic E-state index is 0.205. The molecule has 30 heavy (non-hydrogen) atoms. The van der Waals surface area contributed by atoms with Crippen LogP contribution in [-0.4, -0.2) is 65.0 Å². The van der Waals surface area contributed by atoms with Crippen LogP contribution in [0.15, 0.2) is 17.4 Å². The monoisotopic (exact) mass is 437 g/mol. The van der Waals surface area contributed by atoms with Crippen molar-refractivity contribution in [3.63, 3.8) is 0 Å². The Morgan fingerprint density at radius 2 is 2.13 bits per heavy atom. The maximum absolute atomic E-state index is 12.7. The number of hydrogen-bond acceptors (Lipinski definition) is 8. The SMILES string of the molecule is C=CCOC[C@H](O)CN(Cc1nc2sc(C(=O)OCC)c(C)c2c(=O)[nH]1)CC(C)C. The third kappa shape index (κ3) is 6.46. The van der Waals surface area contributed by atoms with Crippen molar-refractivity contribution < 1.29 is 19.4 Å². The number of ether oxygens (including phenoxy) is 2. The molecular formula is C21H31N3O5S. The number of hydrogen-bond donors (Lipinski definition) is 2. The molecule has 0 aliphatic heterocycles. The molecule has 0 spiro atoms. The Hall–Kier alpha value is -2.07. The molecule has 2 N–H and O–H groups in total. The number of nitrogens with zero attached hydrogens (tertiary/aromatic N) is 2. The van der Waals surface area contributed by atoms with Crippen LogP contribution in [0.4, 0.5) is 0 Å². The van der Waals surface area contributed by atoms with Crippen LogP contribution >= 0.6 is 11.3 Å². The zero-order chi connectivity index (χ0) is 22.3. The number of H-pyrrole nitrogens is 1. The first-order valence-corrected chi connectivity index (χ1v) is 10.9. The smallest absolute Gasteiger partial charge is 0.348 e. The molecule has 8 nitrogen and oxygen atoms in total. The molecular weight excluding hydrogens is 406 g/mol. The van der Waals surface area contributed by atoms with Crippen LogP contribution in [0.25, 0.3) is 10.2 Å². The van der Waals surface area contributed by atoms with Crippen molar-refractivity contribution >= 4 is 27.5 Å². The van der Waals surface area contributed by atoms with Crippen LogP contribution in [0.3, 0.4) is 0 Å². The highest BCUT2D eigenvalue weighted by atomic mass is 32.1. The van der Waals surface area contributed by atoms with E-state index in [4.69, 9.17) is 9.47 Å². The summed E-state index contributed by atoms with van der Waals surface area (Å²) < 4.78 is 10.4. The number of rotatable bonds is 12. The number of fused-ring (bicyclic) bond motifs is 1. The van der Waals surface area contributed by atoms with Gasteiger partial charge in [0.25, 0.3) is 5.56 Å². The molecule has 0 saturated carbocycles. The molecule has 0 aliphatic rings. The van der Waals surface area contributed by atoms with Crippen LogP contribution in [0.5, 0.6) is 0 Å². The molecule has 2 aromatic heterocycles. The molecule has 2 heterocycles. The second-order valence-corrected chi connectivity index (χ2v) is 8.54. The number of aliphatic hydroxyl groups is 1. The number of aryl methyl sites for hydroxylation is 1. The van der Waals surface area contributed by atoms with Gasteiger partial charge in [0.1, 0.15) is 15.5 Å². The van der Waals surface area contributed by atoms with Gasteiger partial charge < -0.3 is 19.6 Å². The van der Waals surface area contributed by atoms with Crippen molar-refractivity contribution in [3.8, 4) is 0 Å². The van der Waals surface area contributed by atoms with Crippen LogP contribution in [0, 0.1) is 12.8 Å². The third-order valence-electron chi connectivity index (χ3n) is 4.32. The molecule has 0 amide bonds. The molecule has 0 fully saturated rings. The summed E-state index contributed by atoms with van der Waals surface area (Å²) in [5.41, 5.74) is 0.307. The fraction of sp³-hybridized carbons (Fsp3) is 0.571. The Morgan fingerprint density at radius 1 is 1.40 bits per heavy atom. The van der Waals surface area contributed by atoms with Gasteiger partial charge in [-0.3, -0.25) is 9.69 Å². The lowest BCUT2D eigenvalue weighted by Crippen LogP contribution is -2.37.